The smallest absolute Gasteiger partial charge is 0.417 e. The Bertz CT molecular complexity index is 1390. The van der Waals surface area contributed by atoms with E-state index in [4.69, 9.17) is 4.74 Å². The number of hydrogen-bond acceptors (Lipinski definition) is 6. The first-order chi connectivity index (χ1) is 20.4. The van der Waals surface area contributed by atoms with Gasteiger partial charge in [-0.25, -0.2) is 9.78 Å². The highest BCUT2D eigenvalue weighted by atomic mass is 32.2. The summed E-state index contributed by atoms with van der Waals surface area (Å²) in [6.45, 7) is 9.90. The Kier molecular flexibility index (Phi) is 16.1. The van der Waals surface area contributed by atoms with Gasteiger partial charge in [-0.3, -0.25) is 4.72 Å². The average molecular weight is 623 g/mol. The third-order valence-corrected chi connectivity index (χ3v) is 6.94. The molecule has 0 atom stereocenters. The van der Waals surface area contributed by atoms with Gasteiger partial charge >= 0.3 is 12.1 Å². The summed E-state index contributed by atoms with van der Waals surface area (Å²) < 4.78 is 70.3. The third-order valence-electron chi connectivity index (χ3n) is 5.65. The number of halogens is 3. The van der Waals surface area contributed by atoms with E-state index < -0.39 is 32.8 Å². The molecule has 0 saturated heterocycles. The van der Waals surface area contributed by atoms with Crippen LogP contribution in [0.15, 0.2) is 89.3 Å². The first-order valence-corrected chi connectivity index (χ1v) is 15.7. The second kappa shape index (κ2) is 18.6. The Hall–Kier alpha value is -3.86. The number of aliphatic hydroxyl groups is 1. The second-order valence-corrected chi connectivity index (χ2v) is 10.6. The number of allylic oxidation sites excluding steroid dienone is 1. The predicted molar refractivity (Wildman–Crippen MR) is 163 cm³/mol. The summed E-state index contributed by atoms with van der Waals surface area (Å²) in [5, 5.41) is 9.53. The lowest BCUT2D eigenvalue weighted by Crippen LogP contribution is -2.16. The van der Waals surface area contributed by atoms with E-state index in [2.05, 4.69) is 47.0 Å². The fraction of sp³-hybridized carbons (Fsp3) is 0.375. The van der Waals surface area contributed by atoms with Crippen molar-refractivity contribution in [2.45, 2.75) is 77.9 Å². The number of carbonyl (C=O) groups excluding carboxylic acids is 1. The van der Waals surface area contributed by atoms with Crippen LogP contribution in [0, 0.1) is 0 Å². The molecular formula is C32H41F3N2O5S. The molecular weight excluding hydrogens is 581 g/mol. The quantitative estimate of drug-likeness (QED) is 0.127. The molecule has 0 aliphatic rings. The standard InChI is InChI=1S/C21H23F3N2O5S.C9H12.C2H6/c1-3-10-31-20(28)17(18(27)4-2)12-14-6-5-7-16(11-14)26-32(29,30)19-9-8-15(13-25-19)21(22,23)24;1-2-6-9-7-4-3-5-8-9;1-2/h5-9,11,13,26-27H,3-4,10,12H2,1-2H3;3-5,7-8H,2,6H2,1H3;1-2H3/b18-17+;;. The molecule has 0 aliphatic heterocycles. The van der Waals surface area contributed by atoms with Gasteiger partial charge in [-0.2, -0.15) is 21.6 Å². The molecule has 0 unspecified atom stereocenters. The van der Waals surface area contributed by atoms with E-state index >= 15 is 0 Å². The summed E-state index contributed by atoms with van der Waals surface area (Å²) in [6, 6.07) is 18.0. The van der Waals surface area contributed by atoms with E-state index in [9.17, 15) is 31.5 Å². The van der Waals surface area contributed by atoms with Gasteiger partial charge in [0.2, 0.25) is 0 Å². The molecule has 11 heteroatoms. The van der Waals surface area contributed by atoms with Crippen molar-refractivity contribution in [1.82, 2.24) is 4.98 Å². The first kappa shape index (κ1) is 37.2. The zero-order valence-electron chi connectivity index (χ0n) is 25.2. The minimum absolute atomic E-state index is 0.00365. The zero-order valence-corrected chi connectivity index (χ0v) is 26.1. The SMILES string of the molecule is CC.CCCOC(=O)/C(Cc1cccc(NS(=O)(=O)c2ccc(C(F)(F)F)cn2)c1)=C(/O)CC.CCCc1ccccc1. The topological polar surface area (TPSA) is 106 Å². The fourth-order valence-electron chi connectivity index (χ4n) is 3.58. The Morgan fingerprint density at radius 2 is 1.58 bits per heavy atom. The van der Waals surface area contributed by atoms with Crippen LogP contribution in [-0.2, 0) is 38.6 Å². The number of aromatic nitrogens is 1. The van der Waals surface area contributed by atoms with Crippen LogP contribution in [-0.4, -0.2) is 31.1 Å². The molecule has 2 aromatic carbocycles. The number of anilines is 1. The average Bonchev–Trinajstić information content (AvgIpc) is 3.00. The molecule has 3 rings (SSSR count). The number of nitrogens with zero attached hydrogens (tertiary/aromatic N) is 1. The molecule has 3 aromatic rings. The van der Waals surface area contributed by atoms with E-state index in [0.29, 0.717) is 24.2 Å². The minimum Gasteiger partial charge on any atom is -0.512 e. The van der Waals surface area contributed by atoms with Gasteiger partial charge in [-0.1, -0.05) is 83.5 Å². The lowest BCUT2D eigenvalue weighted by molar-refractivity contribution is -0.139. The lowest BCUT2D eigenvalue weighted by atomic mass is 10.0. The Morgan fingerprint density at radius 3 is 2.12 bits per heavy atom. The molecule has 0 fully saturated rings. The molecule has 43 heavy (non-hydrogen) atoms. The maximum absolute atomic E-state index is 12.7. The summed E-state index contributed by atoms with van der Waals surface area (Å²) in [7, 11) is -4.25. The van der Waals surface area contributed by atoms with Gasteiger partial charge in [0.05, 0.1) is 17.7 Å². The van der Waals surface area contributed by atoms with Gasteiger partial charge in [-0.15, -0.1) is 0 Å². The van der Waals surface area contributed by atoms with E-state index in [1.165, 1.54) is 36.6 Å². The molecule has 236 valence electrons. The molecule has 0 bridgehead atoms. The van der Waals surface area contributed by atoms with Gasteiger partial charge in [-0.05, 0) is 48.2 Å². The van der Waals surface area contributed by atoms with Crippen LogP contribution in [0.3, 0.4) is 0 Å². The lowest BCUT2D eigenvalue weighted by Gasteiger charge is -2.12. The van der Waals surface area contributed by atoms with Crippen LogP contribution in [0.4, 0.5) is 18.9 Å². The number of nitrogens with one attached hydrogen (secondary N) is 1. The van der Waals surface area contributed by atoms with Gasteiger partial charge < -0.3 is 9.84 Å². The number of carbonyl (C=O) groups is 1. The van der Waals surface area contributed by atoms with Gasteiger partial charge in [0.15, 0.2) is 5.03 Å². The van der Waals surface area contributed by atoms with E-state index in [0.717, 1.165) is 6.07 Å². The highest BCUT2D eigenvalue weighted by Gasteiger charge is 2.31. The van der Waals surface area contributed by atoms with Crippen molar-refractivity contribution in [1.29, 1.82) is 0 Å². The Labute approximate surface area is 252 Å². The Balaban J connectivity index is 0.000000707. The number of ether oxygens (including phenoxy) is 1. The van der Waals surface area contributed by atoms with E-state index in [1.807, 2.05) is 20.8 Å². The van der Waals surface area contributed by atoms with E-state index in [-0.39, 0.29) is 36.5 Å². The van der Waals surface area contributed by atoms with Crippen LogP contribution in [0.1, 0.15) is 70.6 Å². The zero-order chi connectivity index (χ0) is 32.5. The maximum Gasteiger partial charge on any atom is 0.417 e. The summed E-state index contributed by atoms with van der Waals surface area (Å²) in [5.41, 5.74) is 1.06. The van der Waals surface area contributed by atoms with Crippen LogP contribution < -0.4 is 4.72 Å². The van der Waals surface area contributed by atoms with Crippen LogP contribution >= 0.6 is 0 Å². The van der Waals surface area contributed by atoms with Crippen LogP contribution in [0.5, 0.6) is 0 Å². The van der Waals surface area contributed by atoms with E-state index in [1.54, 1.807) is 13.0 Å². The van der Waals surface area contributed by atoms with Crippen molar-refractivity contribution in [2.75, 3.05) is 11.3 Å². The van der Waals surface area contributed by atoms with Crippen molar-refractivity contribution in [2.24, 2.45) is 0 Å². The highest BCUT2D eigenvalue weighted by molar-refractivity contribution is 7.92. The van der Waals surface area contributed by atoms with Crippen LogP contribution in [0.25, 0.3) is 0 Å². The number of pyridine rings is 1. The van der Waals surface area contributed by atoms with Gasteiger partial charge in [0.1, 0.15) is 5.76 Å². The molecule has 0 saturated carbocycles. The molecule has 0 aliphatic carbocycles. The van der Waals surface area contributed by atoms with Crippen molar-refractivity contribution < 1.29 is 36.2 Å². The first-order valence-electron chi connectivity index (χ1n) is 14.2. The molecule has 0 radical (unpaired) electrons. The fourth-order valence-corrected chi connectivity index (χ4v) is 4.56. The highest BCUT2D eigenvalue weighted by Crippen LogP contribution is 2.29. The molecule has 0 spiro atoms. The number of esters is 1. The number of aliphatic hydroxyl groups excluding tert-OH is 1. The normalized spacial score (nSPS) is 11.6. The summed E-state index contributed by atoms with van der Waals surface area (Å²) in [6.07, 6.45) is -0.924. The second-order valence-electron chi connectivity index (χ2n) is 9.02. The van der Waals surface area contributed by atoms with Crippen molar-refractivity contribution in [3.05, 3.63) is 101 Å². The minimum atomic E-state index is -4.63. The number of hydrogen-bond donors (Lipinski definition) is 2. The summed E-state index contributed by atoms with van der Waals surface area (Å²) >= 11 is 0. The Morgan fingerprint density at radius 1 is 0.930 bits per heavy atom. The predicted octanol–water partition coefficient (Wildman–Crippen LogP) is 8.28. The maximum atomic E-state index is 12.7. The molecule has 0 amide bonds. The number of benzene rings is 2. The molecule has 2 N–H and O–H groups in total. The third kappa shape index (κ3) is 12.9. The van der Waals surface area contributed by atoms with Gasteiger partial charge in [0, 0.05) is 24.7 Å². The molecule has 1 aromatic heterocycles. The van der Waals surface area contributed by atoms with Crippen LogP contribution in [0.2, 0.25) is 0 Å². The largest absolute Gasteiger partial charge is 0.512 e. The summed E-state index contributed by atoms with van der Waals surface area (Å²) in [4.78, 5) is 15.7. The molecule has 1 heterocycles. The monoisotopic (exact) mass is 622 g/mol. The van der Waals surface area contributed by atoms with Gasteiger partial charge in [0.25, 0.3) is 10.0 Å². The number of alkyl halides is 3. The number of sulfonamides is 1. The summed E-state index contributed by atoms with van der Waals surface area (Å²) in [5.74, 6) is -0.794. The van der Waals surface area contributed by atoms with Crippen molar-refractivity contribution in [3.63, 3.8) is 0 Å². The number of rotatable bonds is 11. The number of aryl methyl sites for hydroxylation is 1. The van der Waals surface area contributed by atoms with Crippen molar-refractivity contribution in [3.8, 4) is 0 Å². The van der Waals surface area contributed by atoms with Crippen molar-refractivity contribution >= 4 is 21.7 Å². The molecule has 7 nitrogen and oxygen atoms in total.